The average Bonchev–Trinajstić information content (AvgIpc) is 2.88. The van der Waals surface area contributed by atoms with E-state index >= 15 is 0 Å². The lowest BCUT2D eigenvalue weighted by Crippen LogP contribution is -2.46. The summed E-state index contributed by atoms with van der Waals surface area (Å²) in [6, 6.07) is 9.48. The van der Waals surface area contributed by atoms with Crippen LogP contribution in [0.15, 0.2) is 30.3 Å². The van der Waals surface area contributed by atoms with Crippen LogP contribution < -0.4 is 0 Å². The lowest BCUT2D eigenvalue weighted by atomic mass is 9.75. The number of fused-ring (bicyclic) bond motifs is 2. The van der Waals surface area contributed by atoms with Crippen molar-refractivity contribution in [2.75, 3.05) is 0 Å². The molecule has 4 nitrogen and oxygen atoms in total. The second-order valence-electron chi connectivity index (χ2n) is 6.76. The first-order chi connectivity index (χ1) is 10.5. The molecule has 1 aliphatic heterocycles. The number of aliphatic hydroxyl groups is 1. The highest BCUT2D eigenvalue weighted by Crippen LogP contribution is 2.48. The van der Waals surface area contributed by atoms with E-state index in [0.717, 1.165) is 24.8 Å². The largest absolute Gasteiger partial charge is 0.480 e. The summed E-state index contributed by atoms with van der Waals surface area (Å²) in [5, 5.41) is 20.3. The van der Waals surface area contributed by atoms with Crippen LogP contribution in [0.25, 0.3) is 0 Å². The first-order valence-electron chi connectivity index (χ1n) is 8.27. The monoisotopic (exact) mass is 303 g/mol. The third-order valence-corrected chi connectivity index (χ3v) is 5.72. The van der Waals surface area contributed by atoms with Gasteiger partial charge in [0.2, 0.25) is 0 Å². The summed E-state index contributed by atoms with van der Waals surface area (Å²) in [5.41, 5.74) is 1.11. The molecule has 0 radical (unpaired) electrons. The minimum Gasteiger partial charge on any atom is -0.480 e. The van der Waals surface area contributed by atoms with Gasteiger partial charge in [-0.1, -0.05) is 43.7 Å². The lowest BCUT2D eigenvalue weighted by Gasteiger charge is -2.36. The van der Waals surface area contributed by atoms with Crippen LogP contribution >= 0.6 is 0 Å². The lowest BCUT2D eigenvalue weighted by molar-refractivity contribution is -0.145. The summed E-state index contributed by atoms with van der Waals surface area (Å²) >= 11 is 0. The van der Waals surface area contributed by atoms with E-state index in [9.17, 15) is 15.0 Å². The molecule has 2 N–H and O–H groups in total. The van der Waals surface area contributed by atoms with Crippen LogP contribution in [0.4, 0.5) is 0 Å². The van der Waals surface area contributed by atoms with Gasteiger partial charge in [-0.05, 0) is 37.2 Å². The van der Waals surface area contributed by atoms with Gasteiger partial charge in [-0.3, -0.25) is 9.69 Å². The average molecular weight is 303 g/mol. The number of benzene rings is 1. The molecular formula is C18H25NO3. The molecule has 2 bridgehead atoms. The van der Waals surface area contributed by atoms with Gasteiger partial charge < -0.3 is 10.2 Å². The Labute approximate surface area is 131 Å². The fraction of sp³-hybridized carbons (Fsp3) is 0.611. The van der Waals surface area contributed by atoms with Crippen molar-refractivity contribution in [2.45, 2.75) is 57.3 Å². The standard InChI is InChI=1S/C18H25NO3/c1-3-12-9-16(20)15-10-14(12)17(18(21)22)19(15)11(2)13-7-5-4-6-8-13/h4-8,11-12,14-17,20H,3,9-10H2,1-2H3,(H,21,22)/t11-,12?,14?,15-,16-,17+/m1/s1. The van der Waals surface area contributed by atoms with Gasteiger partial charge >= 0.3 is 5.97 Å². The predicted molar refractivity (Wildman–Crippen MR) is 84.4 cm³/mol. The zero-order valence-electron chi connectivity index (χ0n) is 13.2. The Bertz CT molecular complexity index is 532. The van der Waals surface area contributed by atoms with Gasteiger partial charge in [0.1, 0.15) is 6.04 Å². The van der Waals surface area contributed by atoms with E-state index in [0.29, 0.717) is 5.92 Å². The highest BCUT2D eigenvalue weighted by molar-refractivity contribution is 5.75. The van der Waals surface area contributed by atoms with Crippen LogP contribution in [0.3, 0.4) is 0 Å². The zero-order valence-corrected chi connectivity index (χ0v) is 13.2. The molecule has 2 unspecified atom stereocenters. The van der Waals surface area contributed by atoms with Crippen LogP contribution in [0.1, 0.15) is 44.7 Å². The molecule has 0 amide bonds. The molecular weight excluding hydrogens is 278 g/mol. The van der Waals surface area contributed by atoms with E-state index in [1.807, 2.05) is 30.3 Å². The first-order valence-corrected chi connectivity index (χ1v) is 8.27. The SMILES string of the molecule is CCC1C[C@@H](O)[C@H]2CC1[C@@H](C(=O)O)N2[C@H](C)c1ccccc1. The minimum absolute atomic E-state index is 0.00237. The van der Waals surface area contributed by atoms with Crippen molar-refractivity contribution < 1.29 is 15.0 Å². The quantitative estimate of drug-likeness (QED) is 0.898. The van der Waals surface area contributed by atoms with E-state index in [-0.39, 0.29) is 18.0 Å². The summed E-state index contributed by atoms with van der Waals surface area (Å²) in [7, 11) is 0. The molecule has 120 valence electrons. The second kappa shape index (κ2) is 6.01. The van der Waals surface area contributed by atoms with Crippen molar-refractivity contribution >= 4 is 5.97 Å². The zero-order chi connectivity index (χ0) is 15.9. The molecule has 0 aromatic heterocycles. The first kappa shape index (κ1) is 15.5. The van der Waals surface area contributed by atoms with Gasteiger partial charge in [-0.15, -0.1) is 0 Å². The number of nitrogens with zero attached hydrogens (tertiary/aromatic N) is 1. The summed E-state index contributed by atoms with van der Waals surface area (Å²) in [6.45, 7) is 4.15. The maximum absolute atomic E-state index is 11.9. The molecule has 1 saturated carbocycles. The van der Waals surface area contributed by atoms with E-state index in [1.165, 1.54) is 0 Å². The van der Waals surface area contributed by atoms with Gasteiger partial charge in [-0.2, -0.15) is 0 Å². The molecule has 4 heteroatoms. The topological polar surface area (TPSA) is 60.8 Å². The van der Waals surface area contributed by atoms with Crippen molar-refractivity contribution in [3.05, 3.63) is 35.9 Å². The molecule has 2 fully saturated rings. The van der Waals surface area contributed by atoms with Crippen molar-refractivity contribution in [3.8, 4) is 0 Å². The normalized spacial score (nSPS) is 36.2. The molecule has 2 aliphatic rings. The number of carboxylic acids is 1. The number of likely N-dealkylation sites (tertiary alicyclic amines) is 1. The summed E-state index contributed by atoms with van der Waals surface area (Å²) in [5.74, 6) is -0.287. The summed E-state index contributed by atoms with van der Waals surface area (Å²) in [4.78, 5) is 14.0. The molecule has 1 aliphatic carbocycles. The van der Waals surface area contributed by atoms with E-state index in [1.54, 1.807) is 0 Å². The van der Waals surface area contributed by atoms with Gasteiger partial charge in [0, 0.05) is 12.1 Å². The van der Waals surface area contributed by atoms with Crippen molar-refractivity contribution in [2.24, 2.45) is 11.8 Å². The predicted octanol–water partition coefficient (Wildman–Crippen LogP) is 2.68. The Balaban J connectivity index is 1.96. The molecule has 1 aromatic carbocycles. The highest BCUT2D eigenvalue weighted by atomic mass is 16.4. The highest BCUT2D eigenvalue weighted by Gasteiger charge is 2.55. The molecule has 3 rings (SSSR count). The number of rotatable bonds is 4. The van der Waals surface area contributed by atoms with Crippen molar-refractivity contribution in [1.82, 2.24) is 4.90 Å². The van der Waals surface area contributed by atoms with E-state index < -0.39 is 18.1 Å². The fourth-order valence-corrected chi connectivity index (χ4v) is 4.62. The molecule has 1 aromatic rings. The Kier molecular flexibility index (Phi) is 4.24. The number of carbonyl (C=O) groups is 1. The molecule has 1 saturated heterocycles. The number of carboxylic acid groups (broad SMARTS) is 1. The minimum atomic E-state index is -0.747. The van der Waals surface area contributed by atoms with Crippen LogP contribution in [0, 0.1) is 11.8 Å². The smallest absolute Gasteiger partial charge is 0.321 e. The fourth-order valence-electron chi connectivity index (χ4n) is 4.62. The van der Waals surface area contributed by atoms with E-state index in [2.05, 4.69) is 18.7 Å². The molecule has 1 heterocycles. The third-order valence-electron chi connectivity index (χ3n) is 5.72. The third kappa shape index (κ3) is 2.44. The van der Waals surface area contributed by atoms with Crippen molar-refractivity contribution in [3.63, 3.8) is 0 Å². The molecule has 6 atom stereocenters. The van der Waals surface area contributed by atoms with Crippen molar-refractivity contribution in [1.29, 1.82) is 0 Å². The maximum atomic E-state index is 11.9. The van der Waals surface area contributed by atoms with Gasteiger partial charge in [0.25, 0.3) is 0 Å². The number of aliphatic hydroxyl groups excluding tert-OH is 1. The molecule has 0 spiro atoms. The van der Waals surface area contributed by atoms with Gasteiger partial charge in [-0.25, -0.2) is 0 Å². The Hall–Kier alpha value is -1.39. The number of hydrogen-bond acceptors (Lipinski definition) is 3. The van der Waals surface area contributed by atoms with Crippen LogP contribution in [0.2, 0.25) is 0 Å². The van der Waals surface area contributed by atoms with Crippen LogP contribution in [-0.2, 0) is 4.79 Å². The summed E-state index contributed by atoms with van der Waals surface area (Å²) < 4.78 is 0. The van der Waals surface area contributed by atoms with Crippen LogP contribution in [0.5, 0.6) is 0 Å². The van der Waals surface area contributed by atoms with E-state index in [4.69, 9.17) is 0 Å². The number of hydrogen-bond donors (Lipinski definition) is 2. The van der Waals surface area contributed by atoms with Gasteiger partial charge in [0.15, 0.2) is 0 Å². The Morgan fingerprint density at radius 3 is 2.59 bits per heavy atom. The summed E-state index contributed by atoms with van der Waals surface area (Å²) in [6.07, 6.45) is 2.05. The Morgan fingerprint density at radius 2 is 2.00 bits per heavy atom. The molecule has 22 heavy (non-hydrogen) atoms. The Morgan fingerprint density at radius 1 is 1.32 bits per heavy atom. The second-order valence-corrected chi connectivity index (χ2v) is 6.76. The van der Waals surface area contributed by atoms with Gasteiger partial charge in [0.05, 0.1) is 6.10 Å². The number of aliphatic carboxylic acids is 1. The van der Waals surface area contributed by atoms with Crippen LogP contribution in [-0.4, -0.2) is 39.3 Å². The maximum Gasteiger partial charge on any atom is 0.321 e.